The average Bonchev–Trinajstić information content (AvgIpc) is 2.33. The van der Waals surface area contributed by atoms with E-state index in [0.29, 0.717) is 34.2 Å². The first-order chi connectivity index (χ1) is 8.13. The molecule has 0 fully saturated rings. The average molecular weight is 252 g/mol. The Morgan fingerprint density at radius 1 is 1.35 bits per heavy atom. The van der Waals surface area contributed by atoms with Crippen molar-refractivity contribution in [1.82, 2.24) is 15.0 Å². The predicted octanol–water partition coefficient (Wildman–Crippen LogP) is 3.20. The summed E-state index contributed by atoms with van der Waals surface area (Å²) in [6.45, 7) is 3.70. The second-order valence-corrected chi connectivity index (χ2v) is 3.97. The molecule has 0 spiro atoms. The standard InChI is InChI=1S/C12H11ClFN3/c1-3-10-16-11(7(2)12(13)17-10)8-4-5-15-6-9(8)14/h4-6H,3H2,1-2H3. The minimum atomic E-state index is -0.410. The van der Waals surface area contributed by atoms with Gasteiger partial charge in [-0.25, -0.2) is 14.4 Å². The number of hydrogen-bond donors (Lipinski definition) is 0. The van der Waals surface area contributed by atoms with Gasteiger partial charge in [0.25, 0.3) is 0 Å². The van der Waals surface area contributed by atoms with Crippen molar-refractivity contribution in [3.05, 3.63) is 40.8 Å². The first-order valence-electron chi connectivity index (χ1n) is 5.26. The predicted molar refractivity (Wildman–Crippen MR) is 64.3 cm³/mol. The molecule has 0 aromatic carbocycles. The van der Waals surface area contributed by atoms with Crippen LogP contribution in [0.1, 0.15) is 18.3 Å². The van der Waals surface area contributed by atoms with E-state index in [1.54, 1.807) is 13.0 Å². The van der Waals surface area contributed by atoms with E-state index in [4.69, 9.17) is 11.6 Å². The van der Waals surface area contributed by atoms with Gasteiger partial charge in [-0.3, -0.25) is 4.98 Å². The van der Waals surface area contributed by atoms with Gasteiger partial charge in [-0.2, -0.15) is 0 Å². The van der Waals surface area contributed by atoms with Gasteiger partial charge in [0.15, 0.2) is 5.82 Å². The molecule has 0 unspecified atom stereocenters. The lowest BCUT2D eigenvalue weighted by atomic mass is 10.1. The minimum Gasteiger partial charge on any atom is -0.262 e. The van der Waals surface area contributed by atoms with Crippen LogP contribution < -0.4 is 0 Å². The zero-order valence-corrected chi connectivity index (χ0v) is 10.3. The first-order valence-corrected chi connectivity index (χ1v) is 5.64. The van der Waals surface area contributed by atoms with Gasteiger partial charge in [-0.15, -0.1) is 0 Å². The van der Waals surface area contributed by atoms with Crippen LogP contribution in [0.15, 0.2) is 18.5 Å². The molecule has 0 saturated heterocycles. The normalized spacial score (nSPS) is 10.6. The molecule has 0 aliphatic heterocycles. The summed E-state index contributed by atoms with van der Waals surface area (Å²) in [5.74, 6) is 0.194. The van der Waals surface area contributed by atoms with Crippen LogP contribution in [0, 0.1) is 12.7 Å². The lowest BCUT2D eigenvalue weighted by Gasteiger charge is -2.09. The molecule has 88 valence electrons. The SMILES string of the molecule is CCc1nc(Cl)c(C)c(-c2ccncc2F)n1. The fraction of sp³-hybridized carbons (Fsp3) is 0.250. The van der Waals surface area contributed by atoms with E-state index in [0.717, 1.165) is 6.20 Å². The summed E-state index contributed by atoms with van der Waals surface area (Å²) in [4.78, 5) is 12.2. The molecule has 0 atom stereocenters. The number of aromatic nitrogens is 3. The third kappa shape index (κ3) is 2.26. The molecule has 2 aromatic heterocycles. The number of aryl methyl sites for hydroxylation is 1. The summed E-state index contributed by atoms with van der Waals surface area (Å²) < 4.78 is 13.7. The molecule has 0 radical (unpaired) electrons. The van der Waals surface area contributed by atoms with Crippen LogP contribution in [-0.4, -0.2) is 15.0 Å². The lowest BCUT2D eigenvalue weighted by Crippen LogP contribution is -2.00. The molecule has 17 heavy (non-hydrogen) atoms. The Labute approximate surface area is 104 Å². The molecule has 3 nitrogen and oxygen atoms in total. The molecule has 0 aliphatic rings. The third-order valence-electron chi connectivity index (χ3n) is 2.48. The highest BCUT2D eigenvalue weighted by molar-refractivity contribution is 6.30. The fourth-order valence-corrected chi connectivity index (χ4v) is 1.71. The van der Waals surface area contributed by atoms with Crippen molar-refractivity contribution in [2.75, 3.05) is 0 Å². The van der Waals surface area contributed by atoms with Crippen molar-refractivity contribution in [1.29, 1.82) is 0 Å². The molecule has 0 aliphatic carbocycles. The summed E-state index contributed by atoms with van der Waals surface area (Å²) in [6, 6.07) is 1.58. The molecule has 2 heterocycles. The molecular formula is C12H11ClFN3. The summed E-state index contributed by atoms with van der Waals surface area (Å²) in [5.41, 5.74) is 1.60. The molecule has 2 aromatic rings. The molecule has 0 amide bonds. The van der Waals surface area contributed by atoms with Crippen LogP contribution in [-0.2, 0) is 6.42 Å². The molecule has 0 saturated carbocycles. The maximum absolute atomic E-state index is 13.7. The monoisotopic (exact) mass is 251 g/mol. The van der Waals surface area contributed by atoms with Gasteiger partial charge in [-0.1, -0.05) is 18.5 Å². The number of hydrogen-bond acceptors (Lipinski definition) is 3. The van der Waals surface area contributed by atoms with Crippen LogP contribution in [0.3, 0.4) is 0 Å². The highest BCUT2D eigenvalue weighted by Gasteiger charge is 2.13. The molecular weight excluding hydrogens is 241 g/mol. The van der Waals surface area contributed by atoms with E-state index in [-0.39, 0.29) is 0 Å². The molecule has 2 rings (SSSR count). The van der Waals surface area contributed by atoms with Crippen molar-refractivity contribution in [3.63, 3.8) is 0 Å². The molecule has 0 bridgehead atoms. The highest BCUT2D eigenvalue weighted by atomic mass is 35.5. The van der Waals surface area contributed by atoms with Crippen molar-refractivity contribution in [2.24, 2.45) is 0 Å². The first kappa shape index (κ1) is 11.9. The van der Waals surface area contributed by atoms with Crippen molar-refractivity contribution >= 4 is 11.6 Å². The maximum Gasteiger partial charge on any atom is 0.150 e. The number of pyridine rings is 1. The third-order valence-corrected chi connectivity index (χ3v) is 2.84. The Morgan fingerprint density at radius 2 is 2.12 bits per heavy atom. The van der Waals surface area contributed by atoms with Gasteiger partial charge in [0.2, 0.25) is 0 Å². The van der Waals surface area contributed by atoms with Gasteiger partial charge >= 0.3 is 0 Å². The number of halogens is 2. The van der Waals surface area contributed by atoms with Gasteiger partial charge in [0.1, 0.15) is 11.0 Å². The Hall–Kier alpha value is -1.55. The summed E-state index contributed by atoms with van der Waals surface area (Å²) in [6.07, 6.45) is 3.34. The maximum atomic E-state index is 13.7. The van der Waals surface area contributed by atoms with Gasteiger partial charge < -0.3 is 0 Å². The molecule has 5 heteroatoms. The lowest BCUT2D eigenvalue weighted by molar-refractivity contribution is 0.624. The number of nitrogens with zero attached hydrogens (tertiary/aromatic N) is 3. The van der Waals surface area contributed by atoms with E-state index in [1.807, 2.05) is 6.92 Å². The van der Waals surface area contributed by atoms with Gasteiger partial charge in [0.05, 0.1) is 11.9 Å². The van der Waals surface area contributed by atoms with Crippen molar-refractivity contribution in [3.8, 4) is 11.3 Å². The zero-order chi connectivity index (χ0) is 12.4. The largest absolute Gasteiger partial charge is 0.262 e. The smallest absolute Gasteiger partial charge is 0.150 e. The fourth-order valence-electron chi connectivity index (χ4n) is 1.52. The topological polar surface area (TPSA) is 38.7 Å². The Morgan fingerprint density at radius 3 is 2.76 bits per heavy atom. The summed E-state index contributed by atoms with van der Waals surface area (Å²) in [5, 5.41) is 0.364. The van der Waals surface area contributed by atoms with E-state index in [2.05, 4.69) is 15.0 Å². The zero-order valence-electron chi connectivity index (χ0n) is 9.54. The Bertz CT molecular complexity index is 557. The van der Waals surface area contributed by atoms with Crippen molar-refractivity contribution < 1.29 is 4.39 Å². The van der Waals surface area contributed by atoms with Crippen molar-refractivity contribution in [2.45, 2.75) is 20.3 Å². The van der Waals surface area contributed by atoms with Gasteiger partial charge in [0, 0.05) is 23.7 Å². The summed E-state index contributed by atoms with van der Waals surface area (Å²) in [7, 11) is 0. The Balaban J connectivity index is 2.67. The van der Waals surface area contributed by atoms with Crippen LogP contribution in [0.5, 0.6) is 0 Å². The summed E-state index contributed by atoms with van der Waals surface area (Å²) >= 11 is 6.01. The van der Waals surface area contributed by atoms with Crippen LogP contribution in [0.2, 0.25) is 5.15 Å². The van der Waals surface area contributed by atoms with E-state index >= 15 is 0 Å². The molecule has 0 N–H and O–H groups in total. The number of rotatable bonds is 2. The quantitative estimate of drug-likeness (QED) is 0.770. The van der Waals surface area contributed by atoms with Crippen LogP contribution in [0.25, 0.3) is 11.3 Å². The van der Waals surface area contributed by atoms with E-state index < -0.39 is 5.82 Å². The second-order valence-electron chi connectivity index (χ2n) is 3.61. The second kappa shape index (κ2) is 4.75. The van der Waals surface area contributed by atoms with E-state index in [9.17, 15) is 4.39 Å². The van der Waals surface area contributed by atoms with Crippen LogP contribution >= 0.6 is 11.6 Å². The highest BCUT2D eigenvalue weighted by Crippen LogP contribution is 2.27. The van der Waals surface area contributed by atoms with Crippen LogP contribution in [0.4, 0.5) is 4.39 Å². The minimum absolute atomic E-state index is 0.364. The van der Waals surface area contributed by atoms with E-state index in [1.165, 1.54) is 6.20 Å². The Kier molecular flexibility index (Phi) is 3.33. The van der Waals surface area contributed by atoms with Gasteiger partial charge in [-0.05, 0) is 13.0 Å².